The molecule has 0 spiro atoms. The van der Waals surface area contributed by atoms with E-state index in [1.54, 1.807) is 0 Å². The van der Waals surface area contributed by atoms with Gasteiger partial charge in [0.2, 0.25) is 0 Å². The minimum absolute atomic E-state index is 0.0666. The molecule has 0 aliphatic heterocycles. The van der Waals surface area contributed by atoms with Crippen LogP contribution in [0.4, 0.5) is 0 Å². The molecule has 0 unspecified atom stereocenters. The van der Waals surface area contributed by atoms with Crippen LogP contribution in [-0.2, 0) is 10.1 Å². The minimum Gasteiger partial charge on any atom is -0.507 e. The first kappa shape index (κ1) is 18.7. The Bertz CT molecular complexity index is 1220. The third-order valence-electron chi connectivity index (χ3n) is 4.21. The van der Waals surface area contributed by atoms with Gasteiger partial charge in [-0.15, -0.1) is 0 Å². The maximum Gasteiger partial charge on any atom is 0.294 e. The molecule has 0 aliphatic carbocycles. The first-order chi connectivity index (χ1) is 13.9. The lowest BCUT2D eigenvalue weighted by Crippen LogP contribution is -2.02. The van der Waals surface area contributed by atoms with E-state index in [1.807, 2.05) is 60.7 Å². The fraction of sp³-hybridized carbons (Fsp3) is 0. The van der Waals surface area contributed by atoms with Crippen LogP contribution < -0.4 is 0 Å². The zero-order valence-electron chi connectivity index (χ0n) is 15.0. The summed E-state index contributed by atoms with van der Waals surface area (Å²) in [5, 5.41) is 10.3. The highest BCUT2D eigenvalue weighted by Gasteiger charge is 2.18. The summed E-state index contributed by atoms with van der Waals surface area (Å²) in [7, 11) is -4.46. The number of rotatable bonds is 4. The Kier molecular flexibility index (Phi) is 4.79. The van der Waals surface area contributed by atoms with Gasteiger partial charge in [-0.05, 0) is 18.2 Å². The second-order valence-electron chi connectivity index (χ2n) is 6.19. The van der Waals surface area contributed by atoms with Crippen molar-refractivity contribution < 1.29 is 18.1 Å². The number of phenols is 1. The van der Waals surface area contributed by atoms with Crippen LogP contribution in [0.15, 0.2) is 83.8 Å². The van der Waals surface area contributed by atoms with Gasteiger partial charge in [-0.1, -0.05) is 60.7 Å². The summed E-state index contributed by atoms with van der Waals surface area (Å²) in [6, 6.07) is 21.9. The molecule has 0 aliphatic rings. The predicted molar refractivity (Wildman–Crippen MR) is 108 cm³/mol. The van der Waals surface area contributed by atoms with E-state index in [9.17, 15) is 18.1 Å². The molecule has 0 atom stereocenters. The second kappa shape index (κ2) is 7.42. The van der Waals surface area contributed by atoms with Crippen molar-refractivity contribution in [3.63, 3.8) is 0 Å². The van der Waals surface area contributed by atoms with Crippen molar-refractivity contribution in [2.24, 2.45) is 0 Å². The van der Waals surface area contributed by atoms with Gasteiger partial charge in [-0.3, -0.25) is 4.55 Å². The summed E-state index contributed by atoms with van der Waals surface area (Å²) in [6.45, 7) is 0. The number of phenolic OH excluding ortho intramolecular Hbond substituents is 1. The number of hydrogen-bond acceptors (Lipinski definition) is 6. The summed E-state index contributed by atoms with van der Waals surface area (Å²) in [6.07, 6.45) is 0. The molecular formula is C21H15N3O4S. The van der Waals surface area contributed by atoms with E-state index in [2.05, 4.69) is 15.0 Å². The number of aromatic nitrogens is 3. The van der Waals surface area contributed by atoms with Gasteiger partial charge in [-0.25, -0.2) is 15.0 Å². The van der Waals surface area contributed by atoms with E-state index >= 15 is 0 Å². The van der Waals surface area contributed by atoms with Gasteiger partial charge in [0.05, 0.1) is 10.5 Å². The van der Waals surface area contributed by atoms with Gasteiger partial charge in [0.25, 0.3) is 10.1 Å². The van der Waals surface area contributed by atoms with Crippen molar-refractivity contribution in [3.8, 4) is 39.9 Å². The number of benzene rings is 3. The van der Waals surface area contributed by atoms with Crippen LogP contribution in [0.5, 0.6) is 5.75 Å². The minimum atomic E-state index is -4.46. The highest BCUT2D eigenvalue weighted by molar-refractivity contribution is 7.85. The summed E-state index contributed by atoms with van der Waals surface area (Å²) in [5.41, 5.74) is 1.54. The van der Waals surface area contributed by atoms with Gasteiger partial charge in [0.1, 0.15) is 5.75 Å². The quantitative estimate of drug-likeness (QED) is 0.496. The smallest absolute Gasteiger partial charge is 0.294 e. The maximum atomic E-state index is 11.5. The first-order valence-corrected chi connectivity index (χ1v) is 10.0. The monoisotopic (exact) mass is 405 g/mol. The fourth-order valence-corrected chi connectivity index (χ4v) is 3.29. The second-order valence-corrected chi connectivity index (χ2v) is 7.61. The summed E-state index contributed by atoms with van der Waals surface area (Å²) >= 11 is 0. The third-order valence-corrected chi connectivity index (χ3v) is 5.06. The molecule has 1 aromatic heterocycles. The molecule has 7 nitrogen and oxygen atoms in total. The molecule has 1 heterocycles. The van der Waals surface area contributed by atoms with E-state index in [1.165, 1.54) is 6.07 Å². The molecule has 0 bridgehead atoms. The lowest BCUT2D eigenvalue weighted by atomic mass is 10.1. The largest absolute Gasteiger partial charge is 0.507 e. The van der Waals surface area contributed by atoms with Crippen LogP contribution in [0.3, 0.4) is 0 Å². The van der Waals surface area contributed by atoms with Crippen molar-refractivity contribution in [3.05, 3.63) is 78.9 Å². The molecule has 3 aromatic carbocycles. The molecule has 0 amide bonds. The van der Waals surface area contributed by atoms with Crippen molar-refractivity contribution in [1.82, 2.24) is 15.0 Å². The molecule has 0 radical (unpaired) electrons. The van der Waals surface area contributed by atoms with Crippen molar-refractivity contribution in [2.45, 2.75) is 4.90 Å². The zero-order chi connectivity index (χ0) is 20.4. The Morgan fingerprint density at radius 2 is 1.14 bits per heavy atom. The Balaban J connectivity index is 1.97. The van der Waals surface area contributed by atoms with Gasteiger partial charge in [0.15, 0.2) is 17.5 Å². The SMILES string of the molecule is O=S(=O)(O)c1ccc(O)c(-c2nc(-c3ccccc3)nc(-c3ccccc3)n2)c1. The van der Waals surface area contributed by atoms with E-state index in [4.69, 9.17) is 0 Å². The Labute approximate surface area is 167 Å². The Hall–Kier alpha value is -3.62. The number of nitrogens with zero attached hydrogens (tertiary/aromatic N) is 3. The zero-order valence-corrected chi connectivity index (χ0v) is 15.8. The summed E-state index contributed by atoms with van der Waals surface area (Å²) in [4.78, 5) is 13.0. The standard InChI is InChI=1S/C21H15N3O4S/c25-18-12-11-16(29(26,27)28)13-17(18)21-23-19(14-7-3-1-4-8-14)22-20(24-21)15-9-5-2-6-10-15/h1-13,25H,(H,26,27,28). The van der Waals surface area contributed by atoms with Crippen molar-refractivity contribution in [1.29, 1.82) is 0 Å². The van der Waals surface area contributed by atoms with E-state index < -0.39 is 10.1 Å². The van der Waals surface area contributed by atoms with Crippen LogP contribution in [0.1, 0.15) is 0 Å². The highest BCUT2D eigenvalue weighted by atomic mass is 32.2. The Morgan fingerprint density at radius 1 is 0.655 bits per heavy atom. The molecule has 4 aromatic rings. The van der Waals surface area contributed by atoms with Gasteiger partial charge in [0, 0.05) is 11.1 Å². The first-order valence-electron chi connectivity index (χ1n) is 8.59. The number of hydrogen-bond donors (Lipinski definition) is 2. The number of aromatic hydroxyl groups is 1. The summed E-state index contributed by atoms with van der Waals surface area (Å²) in [5.74, 6) is 0.597. The molecule has 144 valence electrons. The molecule has 0 saturated heterocycles. The van der Waals surface area contributed by atoms with Gasteiger partial charge < -0.3 is 5.11 Å². The highest BCUT2D eigenvalue weighted by Crippen LogP contribution is 2.31. The topological polar surface area (TPSA) is 113 Å². The summed E-state index contributed by atoms with van der Waals surface area (Å²) < 4.78 is 32.4. The average Bonchev–Trinajstić information content (AvgIpc) is 2.74. The normalized spacial score (nSPS) is 11.3. The van der Waals surface area contributed by atoms with E-state index in [-0.39, 0.29) is 22.0 Å². The van der Waals surface area contributed by atoms with Crippen LogP contribution >= 0.6 is 0 Å². The lowest BCUT2D eigenvalue weighted by Gasteiger charge is -2.10. The lowest BCUT2D eigenvalue weighted by molar-refractivity contribution is 0.474. The van der Waals surface area contributed by atoms with Crippen LogP contribution in [0.2, 0.25) is 0 Å². The average molecular weight is 405 g/mol. The van der Waals surface area contributed by atoms with Crippen LogP contribution in [-0.4, -0.2) is 33.0 Å². The van der Waals surface area contributed by atoms with Crippen LogP contribution in [0.25, 0.3) is 34.2 Å². The molecule has 4 rings (SSSR count). The van der Waals surface area contributed by atoms with E-state index in [0.717, 1.165) is 23.3 Å². The molecule has 29 heavy (non-hydrogen) atoms. The molecule has 8 heteroatoms. The maximum absolute atomic E-state index is 11.5. The third kappa shape index (κ3) is 3.98. The molecule has 0 saturated carbocycles. The molecule has 2 N–H and O–H groups in total. The molecular weight excluding hydrogens is 390 g/mol. The Morgan fingerprint density at radius 3 is 1.62 bits per heavy atom. The predicted octanol–water partition coefficient (Wildman–Crippen LogP) is 3.82. The fourth-order valence-electron chi connectivity index (χ4n) is 2.78. The van der Waals surface area contributed by atoms with Gasteiger partial charge in [-0.2, -0.15) is 8.42 Å². The molecule has 0 fully saturated rings. The van der Waals surface area contributed by atoms with Crippen LogP contribution in [0, 0.1) is 0 Å². The van der Waals surface area contributed by atoms with E-state index in [0.29, 0.717) is 11.6 Å². The van der Waals surface area contributed by atoms with Crippen molar-refractivity contribution >= 4 is 10.1 Å². The van der Waals surface area contributed by atoms with Gasteiger partial charge >= 0.3 is 0 Å². The van der Waals surface area contributed by atoms with Crippen molar-refractivity contribution in [2.75, 3.05) is 0 Å².